The number of esters is 1. The van der Waals surface area contributed by atoms with Gasteiger partial charge in [-0.05, 0) is 16.7 Å². The number of carbonyl (C=O) groups is 1. The Morgan fingerprint density at radius 2 is 1.18 bits per heavy atom. The van der Waals surface area contributed by atoms with E-state index in [2.05, 4.69) is 29.5 Å². The van der Waals surface area contributed by atoms with E-state index in [1.165, 1.54) is 6.92 Å². The predicted molar refractivity (Wildman–Crippen MR) is 160 cm³/mol. The zero-order valence-electron chi connectivity index (χ0n) is 22.9. The Hall–Kier alpha value is -2.34. The molecule has 7 nitrogen and oxygen atoms in total. The molecule has 8 heteroatoms. The van der Waals surface area contributed by atoms with Gasteiger partial charge >= 0.3 is 5.97 Å². The van der Waals surface area contributed by atoms with E-state index in [-0.39, 0.29) is 10.5 Å². The summed E-state index contributed by atoms with van der Waals surface area (Å²) in [5.41, 5.74) is 3.05. The monoisotopic (exact) mass is 660 g/mol. The van der Waals surface area contributed by atoms with Crippen LogP contribution in [0.4, 0.5) is 0 Å². The SMILES string of the molecule is CC(=O)OC[C@H]1O[C@@H](OC[C@H](C)I)[C@@H](OCc2ccccc2)[C@@H](OCc2ccccc2)[C@@H]1OCc1ccccc1. The highest BCUT2D eigenvalue weighted by atomic mass is 127. The van der Waals surface area contributed by atoms with Gasteiger partial charge < -0.3 is 28.4 Å². The molecule has 1 aliphatic rings. The van der Waals surface area contributed by atoms with Gasteiger partial charge in [0.05, 0.1) is 26.4 Å². The van der Waals surface area contributed by atoms with Crippen molar-refractivity contribution in [3.05, 3.63) is 108 Å². The molecule has 0 aliphatic carbocycles. The molecule has 0 aromatic heterocycles. The van der Waals surface area contributed by atoms with E-state index in [0.29, 0.717) is 26.4 Å². The maximum absolute atomic E-state index is 11.8. The average molecular weight is 661 g/mol. The molecule has 3 aromatic rings. The fraction of sp³-hybridized carbons (Fsp3) is 0.406. The fourth-order valence-electron chi connectivity index (χ4n) is 4.44. The molecule has 0 bridgehead atoms. The summed E-state index contributed by atoms with van der Waals surface area (Å²) in [6.45, 7) is 4.93. The summed E-state index contributed by atoms with van der Waals surface area (Å²) in [5, 5.41) is 0. The number of ether oxygens (including phenoxy) is 6. The van der Waals surface area contributed by atoms with E-state index in [4.69, 9.17) is 28.4 Å². The summed E-state index contributed by atoms with van der Waals surface area (Å²) in [6.07, 6.45) is -3.15. The first-order valence-electron chi connectivity index (χ1n) is 13.5. The lowest BCUT2D eigenvalue weighted by Gasteiger charge is -2.45. The standard InChI is InChI=1S/C32H37IO7/c1-23(33)18-39-32-31(38-21-27-16-10-5-11-17-27)30(37-20-26-14-8-4-9-15-26)29(28(40-32)22-35-24(2)34)36-19-25-12-6-3-7-13-25/h3-17,23,28-32H,18-22H2,1-2H3/t23-,28+,29+,30-,31-,32+/m0/s1. The predicted octanol–water partition coefficient (Wildman–Crippen LogP) is 5.87. The summed E-state index contributed by atoms with van der Waals surface area (Å²) in [6, 6.07) is 29.8. The highest BCUT2D eigenvalue weighted by Gasteiger charge is 2.49. The van der Waals surface area contributed by atoms with Gasteiger partial charge in [0.25, 0.3) is 0 Å². The van der Waals surface area contributed by atoms with Crippen molar-refractivity contribution in [1.82, 2.24) is 0 Å². The normalized spacial score (nSPS) is 23.4. The molecule has 1 aliphatic heterocycles. The van der Waals surface area contributed by atoms with Crippen molar-refractivity contribution < 1.29 is 33.2 Å². The molecule has 0 N–H and O–H groups in total. The van der Waals surface area contributed by atoms with Crippen molar-refractivity contribution in [2.24, 2.45) is 0 Å². The Morgan fingerprint density at radius 3 is 1.62 bits per heavy atom. The van der Waals surface area contributed by atoms with Crippen molar-refractivity contribution in [1.29, 1.82) is 0 Å². The van der Waals surface area contributed by atoms with Crippen LogP contribution < -0.4 is 0 Å². The number of alkyl halides is 1. The van der Waals surface area contributed by atoms with E-state index < -0.39 is 36.7 Å². The Balaban J connectivity index is 1.64. The third kappa shape index (κ3) is 9.64. The first-order valence-corrected chi connectivity index (χ1v) is 14.7. The molecule has 214 valence electrons. The quantitative estimate of drug-likeness (QED) is 0.122. The van der Waals surface area contributed by atoms with Crippen molar-refractivity contribution in [2.45, 2.75) is 68.3 Å². The van der Waals surface area contributed by atoms with Gasteiger partial charge in [0.1, 0.15) is 31.0 Å². The van der Waals surface area contributed by atoms with Gasteiger partial charge in [-0.1, -0.05) is 121 Å². The third-order valence-corrected chi connectivity index (χ3v) is 6.75. The Labute approximate surface area is 250 Å². The van der Waals surface area contributed by atoms with Gasteiger partial charge in [0.2, 0.25) is 0 Å². The number of halogens is 1. The molecule has 0 amide bonds. The average Bonchev–Trinajstić information content (AvgIpc) is 2.97. The highest BCUT2D eigenvalue weighted by Crippen LogP contribution is 2.31. The summed E-state index contributed by atoms with van der Waals surface area (Å²) in [7, 11) is 0. The van der Waals surface area contributed by atoms with Crippen LogP contribution in [0.15, 0.2) is 91.0 Å². The van der Waals surface area contributed by atoms with Crippen LogP contribution in [-0.2, 0) is 53.0 Å². The van der Waals surface area contributed by atoms with Crippen LogP contribution in [0.5, 0.6) is 0 Å². The van der Waals surface area contributed by atoms with Gasteiger partial charge in [0, 0.05) is 10.8 Å². The number of hydrogen-bond acceptors (Lipinski definition) is 7. The first kappa shape index (κ1) is 30.6. The second-order valence-electron chi connectivity index (χ2n) is 9.74. The van der Waals surface area contributed by atoms with Crippen LogP contribution in [0.3, 0.4) is 0 Å². The zero-order chi connectivity index (χ0) is 28.2. The maximum Gasteiger partial charge on any atom is 0.302 e. The number of hydrogen-bond donors (Lipinski definition) is 0. The second kappa shape index (κ2) is 16.2. The molecule has 3 aromatic carbocycles. The smallest absolute Gasteiger partial charge is 0.302 e. The molecular formula is C32H37IO7. The Morgan fingerprint density at radius 1 is 0.725 bits per heavy atom. The Bertz CT molecular complexity index is 1130. The first-order chi connectivity index (χ1) is 19.5. The minimum Gasteiger partial charge on any atom is -0.463 e. The van der Waals surface area contributed by atoms with Crippen molar-refractivity contribution in [3.63, 3.8) is 0 Å². The highest BCUT2D eigenvalue weighted by molar-refractivity contribution is 14.1. The maximum atomic E-state index is 11.8. The van der Waals surface area contributed by atoms with Crippen molar-refractivity contribution in [2.75, 3.05) is 13.2 Å². The van der Waals surface area contributed by atoms with Gasteiger partial charge in [-0.2, -0.15) is 0 Å². The second-order valence-corrected chi connectivity index (χ2v) is 11.9. The zero-order valence-corrected chi connectivity index (χ0v) is 25.1. The molecule has 0 radical (unpaired) electrons. The molecule has 4 rings (SSSR count). The summed E-state index contributed by atoms with van der Waals surface area (Å²) in [4.78, 5) is 11.8. The minimum absolute atomic E-state index is 0.00500. The van der Waals surface area contributed by atoms with Gasteiger partial charge in [-0.25, -0.2) is 0 Å². The topological polar surface area (TPSA) is 72.5 Å². The molecule has 0 unspecified atom stereocenters. The van der Waals surface area contributed by atoms with E-state index in [9.17, 15) is 4.79 Å². The van der Waals surface area contributed by atoms with Crippen LogP contribution in [0.1, 0.15) is 30.5 Å². The van der Waals surface area contributed by atoms with Crippen LogP contribution >= 0.6 is 22.6 Å². The molecule has 1 heterocycles. The lowest BCUT2D eigenvalue weighted by molar-refractivity contribution is -0.326. The molecule has 1 fully saturated rings. The van der Waals surface area contributed by atoms with Gasteiger partial charge in [-0.3, -0.25) is 4.79 Å². The molecule has 0 spiro atoms. The molecular weight excluding hydrogens is 623 g/mol. The van der Waals surface area contributed by atoms with E-state index in [1.54, 1.807) is 0 Å². The van der Waals surface area contributed by atoms with E-state index >= 15 is 0 Å². The molecule has 0 saturated carbocycles. The fourth-order valence-corrected chi connectivity index (χ4v) is 4.65. The number of carbonyl (C=O) groups excluding carboxylic acids is 1. The summed E-state index contributed by atoms with van der Waals surface area (Å²) >= 11 is 2.31. The van der Waals surface area contributed by atoms with Crippen LogP contribution in [0, 0.1) is 0 Å². The van der Waals surface area contributed by atoms with E-state index in [1.807, 2.05) is 91.0 Å². The van der Waals surface area contributed by atoms with Gasteiger partial charge in [-0.15, -0.1) is 0 Å². The summed E-state index contributed by atoms with van der Waals surface area (Å²) in [5.74, 6) is -0.395. The van der Waals surface area contributed by atoms with Gasteiger partial charge in [0.15, 0.2) is 6.29 Å². The lowest BCUT2D eigenvalue weighted by atomic mass is 9.97. The Kier molecular flexibility index (Phi) is 12.4. The largest absolute Gasteiger partial charge is 0.463 e. The lowest BCUT2D eigenvalue weighted by Crippen LogP contribution is -2.62. The van der Waals surface area contributed by atoms with Crippen LogP contribution in [0.2, 0.25) is 0 Å². The number of benzene rings is 3. The van der Waals surface area contributed by atoms with Crippen LogP contribution in [-0.4, -0.2) is 53.8 Å². The molecule has 1 saturated heterocycles. The summed E-state index contributed by atoms with van der Waals surface area (Å²) < 4.78 is 37.9. The van der Waals surface area contributed by atoms with E-state index in [0.717, 1.165) is 16.7 Å². The molecule has 40 heavy (non-hydrogen) atoms. The van der Waals surface area contributed by atoms with Crippen molar-refractivity contribution >= 4 is 28.6 Å². The third-order valence-electron chi connectivity index (χ3n) is 6.39. The molecule has 6 atom stereocenters. The van der Waals surface area contributed by atoms with Crippen LogP contribution in [0.25, 0.3) is 0 Å². The van der Waals surface area contributed by atoms with Crippen molar-refractivity contribution in [3.8, 4) is 0 Å². The minimum atomic E-state index is -0.751. The number of rotatable bonds is 14.